The van der Waals surface area contributed by atoms with E-state index in [9.17, 15) is 4.79 Å². The van der Waals surface area contributed by atoms with E-state index in [2.05, 4.69) is 34.6 Å². The van der Waals surface area contributed by atoms with Crippen LogP contribution >= 0.6 is 0 Å². The van der Waals surface area contributed by atoms with Crippen molar-refractivity contribution in [2.45, 2.75) is 58.8 Å². The number of carbonyl (C=O) groups is 1. The topological polar surface area (TPSA) is 35.5 Å². The second kappa shape index (κ2) is 3.72. The molecule has 102 valence electrons. The van der Waals surface area contributed by atoms with Crippen molar-refractivity contribution < 1.29 is 14.3 Å². The highest BCUT2D eigenvalue weighted by Crippen LogP contribution is 2.62. The summed E-state index contributed by atoms with van der Waals surface area (Å²) in [7, 11) is 0. The maximum Gasteiger partial charge on any atom is 0.310 e. The number of hydrogen-bond acceptors (Lipinski definition) is 3. The Morgan fingerprint density at radius 2 is 2.00 bits per heavy atom. The molecule has 1 heterocycles. The largest absolute Gasteiger partial charge is 0.459 e. The van der Waals surface area contributed by atoms with E-state index in [1.165, 1.54) is 0 Å². The summed E-state index contributed by atoms with van der Waals surface area (Å²) in [5.74, 6) is 1.98. The van der Waals surface area contributed by atoms with Gasteiger partial charge in [0.15, 0.2) is 0 Å². The zero-order chi connectivity index (χ0) is 13.2. The monoisotopic (exact) mass is 252 g/mol. The summed E-state index contributed by atoms with van der Waals surface area (Å²) in [5.41, 5.74) is -0.306. The fourth-order valence-electron chi connectivity index (χ4n) is 4.86. The number of ether oxygens (including phenoxy) is 2. The lowest BCUT2D eigenvalue weighted by Gasteiger charge is -2.39. The average molecular weight is 252 g/mol. The number of fused-ring (bicyclic) bond motifs is 5. The van der Waals surface area contributed by atoms with Crippen LogP contribution in [-0.4, -0.2) is 23.8 Å². The minimum atomic E-state index is -0.306. The first-order valence-corrected chi connectivity index (χ1v) is 7.21. The number of hydrogen-bond donors (Lipinski definition) is 0. The molecular formula is C15H24O3. The quantitative estimate of drug-likeness (QED) is 0.709. The van der Waals surface area contributed by atoms with Crippen molar-refractivity contribution in [3.63, 3.8) is 0 Å². The molecule has 3 heteroatoms. The van der Waals surface area contributed by atoms with Crippen LogP contribution in [0.3, 0.4) is 0 Å². The lowest BCUT2D eigenvalue weighted by atomic mass is 9.69. The summed E-state index contributed by atoms with van der Waals surface area (Å²) >= 11 is 0. The van der Waals surface area contributed by atoms with E-state index in [0.29, 0.717) is 29.8 Å². The fourth-order valence-corrected chi connectivity index (χ4v) is 4.86. The summed E-state index contributed by atoms with van der Waals surface area (Å²) in [6.07, 6.45) is 1.72. The van der Waals surface area contributed by atoms with E-state index in [0.717, 1.165) is 6.42 Å². The minimum Gasteiger partial charge on any atom is -0.459 e. The van der Waals surface area contributed by atoms with Crippen LogP contribution < -0.4 is 0 Å². The van der Waals surface area contributed by atoms with Gasteiger partial charge in [-0.1, -0.05) is 6.92 Å². The van der Waals surface area contributed by atoms with Gasteiger partial charge in [0.25, 0.3) is 0 Å². The third-order valence-corrected chi connectivity index (χ3v) is 5.34. The molecule has 2 aliphatic carbocycles. The van der Waals surface area contributed by atoms with Crippen LogP contribution in [0.5, 0.6) is 0 Å². The zero-order valence-corrected chi connectivity index (χ0v) is 12.0. The van der Waals surface area contributed by atoms with Gasteiger partial charge in [0.05, 0.1) is 18.1 Å². The van der Waals surface area contributed by atoms with E-state index in [4.69, 9.17) is 9.47 Å². The summed E-state index contributed by atoms with van der Waals surface area (Å²) in [4.78, 5) is 12.1. The Labute approximate surface area is 109 Å². The summed E-state index contributed by atoms with van der Waals surface area (Å²) in [6, 6.07) is 0. The number of cyclic esters (lactones) is 1. The fraction of sp³-hybridized carbons (Fsp3) is 0.933. The van der Waals surface area contributed by atoms with Gasteiger partial charge >= 0.3 is 5.97 Å². The predicted octanol–water partition coefficient (Wildman–Crippen LogP) is 2.63. The molecule has 3 rings (SSSR count). The minimum absolute atomic E-state index is 0.0346. The molecule has 0 N–H and O–H groups in total. The third kappa shape index (κ3) is 1.49. The molecule has 0 spiro atoms. The van der Waals surface area contributed by atoms with Gasteiger partial charge in [-0.25, -0.2) is 0 Å². The molecule has 0 amide bonds. The lowest BCUT2D eigenvalue weighted by Crippen LogP contribution is -2.44. The first-order chi connectivity index (χ1) is 8.33. The van der Waals surface area contributed by atoms with Crippen LogP contribution in [0.15, 0.2) is 0 Å². The molecule has 3 aliphatic rings. The van der Waals surface area contributed by atoms with Gasteiger partial charge in [-0.05, 0) is 51.9 Å². The third-order valence-electron chi connectivity index (χ3n) is 5.34. The van der Waals surface area contributed by atoms with Gasteiger partial charge in [0.1, 0.15) is 5.60 Å². The highest BCUT2D eigenvalue weighted by atomic mass is 16.6. The molecule has 3 nitrogen and oxygen atoms in total. The van der Waals surface area contributed by atoms with Crippen LogP contribution in [-0.2, 0) is 14.3 Å². The van der Waals surface area contributed by atoms with E-state index < -0.39 is 0 Å². The van der Waals surface area contributed by atoms with Crippen molar-refractivity contribution in [1.29, 1.82) is 0 Å². The van der Waals surface area contributed by atoms with Gasteiger partial charge < -0.3 is 9.47 Å². The molecule has 2 saturated carbocycles. The Bertz CT molecular complexity index is 374. The van der Waals surface area contributed by atoms with Crippen LogP contribution in [0.25, 0.3) is 0 Å². The van der Waals surface area contributed by atoms with E-state index in [1.807, 2.05) is 0 Å². The summed E-state index contributed by atoms with van der Waals surface area (Å²) in [6.45, 7) is 10.6. The van der Waals surface area contributed by atoms with Gasteiger partial charge in [0.2, 0.25) is 0 Å². The maximum atomic E-state index is 12.1. The first kappa shape index (κ1) is 12.5. The van der Waals surface area contributed by atoms with Crippen LogP contribution in [0, 0.1) is 29.6 Å². The molecule has 2 bridgehead atoms. The maximum absolute atomic E-state index is 12.1. The second-order valence-corrected chi connectivity index (χ2v) is 7.15. The molecule has 1 aliphatic heterocycles. The van der Waals surface area contributed by atoms with Crippen molar-refractivity contribution in [1.82, 2.24) is 0 Å². The summed E-state index contributed by atoms with van der Waals surface area (Å²) in [5, 5.41) is 0. The van der Waals surface area contributed by atoms with Gasteiger partial charge in [-0.2, -0.15) is 0 Å². The molecule has 6 unspecified atom stereocenters. The van der Waals surface area contributed by atoms with Gasteiger partial charge in [-0.3, -0.25) is 4.79 Å². The molecule has 0 aromatic rings. The molecule has 1 saturated heterocycles. The smallest absolute Gasteiger partial charge is 0.310 e. The van der Waals surface area contributed by atoms with E-state index in [-0.39, 0.29) is 23.6 Å². The first-order valence-electron chi connectivity index (χ1n) is 7.21. The Kier molecular flexibility index (Phi) is 2.58. The molecule has 0 aromatic carbocycles. The van der Waals surface area contributed by atoms with Crippen molar-refractivity contribution in [2.75, 3.05) is 0 Å². The van der Waals surface area contributed by atoms with Crippen molar-refractivity contribution in [3.8, 4) is 0 Å². The average Bonchev–Trinajstić information content (AvgIpc) is 2.81. The number of esters is 1. The molecule has 6 atom stereocenters. The van der Waals surface area contributed by atoms with Crippen LogP contribution in [0.2, 0.25) is 0 Å². The summed E-state index contributed by atoms with van der Waals surface area (Å²) < 4.78 is 11.7. The molecular weight excluding hydrogens is 228 g/mol. The van der Waals surface area contributed by atoms with Crippen molar-refractivity contribution in [2.24, 2.45) is 29.6 Å². The molecule has 0 aromatic heterocycles. The molecule has 3 fully saturated rings. The van der Waals surface area contributed by atoms with Crippen LogP contribution in [0.4, 0.5) is 0 Å². The van der Waals surface area contributed by atoms with E-state index >= 15 is 0 Å². The Balaban J connectivity index is 1.90. The number of rotatable bonds is 2. The predicted molar refractivity (Wildman–Crippen MR) is 67.9 cm³/mol. The molecule has 0 radical (unpaired) electrons. The van der Waals surface area contributed by atoms with Crippen molar-refractivity contribution >= 4 is 5.97 Å². The standard InChI is InChI=1S/C15H24O3/c1-7(2)17-13-8(3)9-6-10(13)12-11(9)14(16)18-15(12,4)5/h7-13H,6H2,1-5H3. The lowest BCUT2D eigenvalue weighted by molar-refractivity contribution is -0.150. The highest BCUT2D eigenvalue weighted by molar-refractivity contribution is 5.77. The second-order valence-electron chi connectivity index (χ2n) is 7.15. The Hall–Kier alpha value is -0.570. The SMILES string of the molecule is CC(C)OC1C(C)C2CC1C1C2C(=O)OC1(C)C. The van der Waals surface area contributed by atoms with E-state index in [1.54, 1.807) is 0 Å². The van der Waals surface area contributed by atoms with Crippen molar-refractivity contribution in [3.05, 3.63) is 0 Å². The Morgan fingerprint density at radius 1 is 1.33 bits per heavy atom. The normalized spacial score (nSPS) is 48.7. The number of carbonyl (C=O) groups excluding carboxylic acids is 1. The zero-order valence-electron chi connectivity index (χ0n) is 12.0. The molecule has 18 heavy (non-hydrogen) atoms. The van der Waals surface area contributed by atoms with Crippen LogP contribution in [0.1, 0.15) is 41.0 Å². The highest BCUT2D eigenvalue weighted by Gasteiger charge is 2.67. The van der Waals surface area contributed by atoms with Gasteiger partial charge in [-0.15, -0.1) is 0 Å². The Morgan fingerprint density at radius 3 is 2.61 bits per heavy atom. The van der Waals surface area contributed by atoms with Gasteiger partial charge in [0, 0.05) is 5.92 Å².